The van der Waals surface area contributed by atoms with Gasteiger partial charge in [-0.25, -0.2) is 0 Å². The lowest BCUT2D eigenvalue weighted by Gasteiger charge is -2.33. The molecule has 30 heavy (non-hydrogen) atoms. The van der Waals surface area contributed by atoms with E-state index in [0.29, 0.717) is 19.4 Å². The SMILES string of the molecule is CC[C@H](N[C@@H](CC(C)C)C(=O)[C@@](N)(CCCCNC(=O)CN)C(=O)NC)P(=O)(O)O. The molecule has 0 saturated carbocycles. The van der Waals surface area contributed by atoms with Gasteiger partial charge in [0.1, 0.15) is 5.78 Å². The normalized spacial score (nSPS) is 15.9. The Kier molecular flexibility index (Phi) is 12.5. The molecular weight excluding hydrogens is 413 g/mol. The molecule has 0 rings (SSSR count). The first kappa shape index (κ1) is 28.6. The molecule has 0 aromatic rings. The van der Waals surface area contributed by atoms with Crippen LogP contribution in [0.4, 0.5) is 0 Å². The highest BCUT2D eigenvalue weighted by Crippen LogP contribution is 2.41. The third kappa shape index (κ3) is 9.20. The zero-order chi connectivity index (χ0) is 23.5. The van der Waals surface area contributed by atoms with Crippen molar-refractivity contribution in [3.05, 3.63) is 0 Å². The molecule has 0 aliphatic rings. The lowest BCUT2D eigenvalue weighted by molar-refractivity contribution is -0.137. The Morgan fingerprint density at radius 3 is 2.20 bits per heavy atom. The average Bonchev–Trinajstić information content (AvgIpc) is 2.67. The molecule has 0 radical (unpaired) electrons. The molecule has 176 valence electrons. The minimum Gasteiger partial charge on any atom is -0.357 e. The zero-order valence-electron chi connectivity index (χ0n) is 18.3. The number of rotatable bonds is 15. The molecule has 3 atom stereocenters. The predicted octanol–water partition coefficient (Wildman–Crippen LogP) is -0.838. The molecule has 0 spiro atoms. The molecule has 12 heteroatoms. The van der Waals surface area contributed by atoms with E-state index >= 15 is 0 Å². The minimum atomic E-state index is -4.49. The van der Waals surface area contributed by atoms with E-state index in [1.165, 1.54) is 7.05 Å². The van der Waals surface area contributed by atoms with Crippen LogP contribution in [-0.4, -0.2) is 64.9 Å². The van der Waals surface area contributed by atoms with Gasteiger partial charge in [0.2, 0.25) is 11.8 Å². The molecule has 0 aromatic heterocycles. The molecule has 0 heterocycles. The molecule has 0 aliphatic carbocycles. The van der Waals surface area contributed by atoms with E-state index in [2.05, 4.69) is 16.0 Å². The van der Waals surface area contributed by atoms with Gasteiger partial charge in [0.15, 0.2) is 11.3 Å². The van der Waals surface area contributed by atoms with Crippen molar-refractivity contribution in [2.45, 2.75) is 70.2 Å². The van der Waals surface area contributed by atoms with Crippen LogP contribution in [0.25, 0.3) is 0 Å². The smallest absolute Gasteiger partial charge is 0.342 e. The number of carbonyl (C=O) groups is 3. The molecule has 0 fully saturated rings. The van der Waals surface area contributed by atoms with Crippen LogP contribution in [0.5, 0.6) is 0 Å². The summed E-state index contributed by atoms with van der Waals surface area (Å²) in [7, 11) is -3.12. The van der Waals surface area contributed by atoms with Crippen molar-refractivity contribution in [2.75, 3.05) is 20.1 Å². The molecule has 2 amide bonds. The average molecular weight is 452 g/mol. The van der Waals surface area contributed by atoms with Crippen molar-refractivity contribution in [2.24, 2.45) is 17.4 Å². The second-order valence-electron chi connectivity index (χ2n) is 7.79. The van der Waals surface area contributed by atoms with Gasteiger partial charge in [0, 0.05) is 13.6 Å². The number of likely N-dealkylation sites (N-methyl/N-ethyl adjacent to an activating group) is 1. The monoisotopic (exact) mass is 451 g/mol. The quantitative estimate of drug-likeness (QED) is 0.0943. The summed E-state index contributed by atoms with van der Waals surface area (Å²) in [4.78, 5) is 56.1. The van der Waals surface area contributed by atoms with E-state index in [9.17, 15) is 28.7 Å². The summed E-state index contributed by atoms with van der Waals surface area (Å²) in [6, 6.07) is -0.998. The maximum Gasteiger partial charge on any atom is 0.342 e. The molecule has 0 unspecified atom stereocenters. The summed E-state index contributed by atoms with van der Waals surface area (Å²) >= 11 is 0. The van der Waals surface area contributed by atoms with E-state index in [1.54, 1.807) is 6.92 Å². The number of amides is 2. The van der Waals surface area contributed by atoms with Gasteiger partial charge in [-0.15, -0.1) is 0 Å². The van der Waals surface area contributed by atoms with E-state index in [4.69, 9.17) is 11.5 Å². The van der Waals surface area contributed by atoms with Crippen LogP contribution in [-0.2, 0) is 18.9 Å². The number of nitrogens with one attached hydrogen (secondary N) is 3. The maximum atomic E-state index is 13.3. The summed E-state index contributed by atoms with van der Waals surface area (Å²) in [5, 5.41) is 7.75. The first-order valence-electron chi connectivity index (χ1n) is 10.2. The van der Waals surface area contributed by atoms with Crippen LogP contribution in [0, 0.1) is 5.92 Å². The molecule has 0 bridgehead atoms. The van der Waals surface area contributed by atoms with E-state index in [1.807, 2.05) is 13.8 Å². The van der Waals surface area contributed by atoms with E-state index in [-0.39, 0.29) is 37.6 Å². The van der Waals surface area contributed by atoms with E-state index < -0.39 is 36.6 Å². The fraction of sp³-hybridized carbons (Fsp3) is 0.833. The summed E-state index contributed by atoms with van der Waals surface area (Å²) in [6.07, 6.45) is 1.25. The second kappa shape index (κ2) is 13.1. The lowest BCUT2D eigenvalue weighted by atomic mass is 9.82. The number of hydrogen-bond acceptors (Lipinski definition) is 7. The van der Waals surface area contributed by atoms with Crippen LogP contribution >= 0.6 is 7.60 Å². The standard InChI is InChI=1S/C18H38N5O6P/c1-5-15(30(27,28)29)23-13(10-12(2)3)16(25)18(20,17(26)21-4)8-6-7-9-22-14(24)11-19/h12-13,15,23H,5-11,19-20H2,1-4H3,(H,21,26)(H,22,24)(H2,27,28,29)/t13-,15+,18-/m0/s1. The Morgan fingerprint density at radius 2 is 1.77 bits per heavy atom. The van der Waals surface area contributed by atoms with Gasteiger partial charge in [-0.1, -0.05) is 20.8 Å². The number of hydrogen-bond donors (Lipinski definition) is 7. The fourth-order valence-electron chi connectivity index (χ4n) is 3.12. The largest absolute Gasteiger partial charge is 0.357 e. The summed E-state index contributed by atoms with van der Waals surface area (Å²) in [5.74, 6) is -2.79. The van der Waals surface area contributed by atoms with Crippen LogP contribution in [0.15, 0.2) is 0 Å². The number of ketones is 1. The fourth-order valence-corrected chi connectivity index (χ4v) is 3.97. The van der Waals surface area contributed by atoms with Gasteiger partial charge < -0.3 is 31.9 Å². The van der Waals surface area contributed by atoms with Crippen LogP contribution in [0.1, 0.15) is 52.9 Å². The van der Waals surface area contributed by atoms with Crippen molar-refractivity contribution in [1.82, 2.24) is 16.0 Å². The minimum absolute atomic E-state index is 0.0149. The molecule has 9 N–H and O–H groups in total. The van der Waals surface area contributed by atoms with Gasteiger partial charge in [-0.2, -0.15) is 0 Å². The van der Waals surface area contributed by atoms with Gasteiger partial charge >= 0.3 is 7.60 Å². The number of unbranched alkanes of at least 4 members (excludes halogenated alkanes) is 1. The van der Waals surface area contributed by atoms with E-state index in [0.717, 1.165) is 0 Å². The van der Waals surface area contributed by atoms with Gasteiger partial charge in [0.25, 0.3) is 0 Å². The van der Waals surface area contributed by atoms with Crippen molar-refractivity contribution in [1.29, 1.82) is 0 Å². The molecular formula is C18H38N5O6P. The summed E-state index contributed by atoms with van der Waals surface area (Å²) < 4.78 is 11.7. The molecule has 0 aromatic carbocycles. The predicted molar refractivity (Wildman–Crippen MR) is 114 cm³/mol. The van der Waals surface area contributed by atoms with Gasteiger partial charge in [-0.3, -0.25) is 24.3 Å². The lowest BCUT2D eigenvalue weighted by Crippen LogP contribution is -2.64. The van der Waals surface area contributed by atoms with Crippen molar-refractivity contribution in [3.63, 3.8) is 0 Å². The highest BCUT2D eigenvalue weighted by Gasteiger charge is 2.45. The Bertz CT molecular complexity index is 626. The van der Waals surface area contributed by atoms with Gasteiger partial charge in [0.05, 0.1) is 12.6 Å². The van der Waals surface area contributed by atoms with Crippen LogP contribution < -0.4 is 27.4 Å². The zero-order valence-corrected chi connectivity index (χ0v) is 19.2. The Hall–Kier alpha value is -1.36. The highest BCUT2D eigenvalue weighted by atomic mass is 31.2. The van der Waals surface area contributed by atoms with Crippen molar-refractivity contribution >= 4 is 25.2 Å². The van der Waals surface area contributed by atoms with Crippen LogP contribution in [0.3, 0.4) is 0 Å². The summed E-state index contributed by atoms with van der Waals surface area (Å²) in [6.45, 7) is 5.52. The molecule has 0 saturated heterocycles. The van der Waals surface area contributed by atoms with Crippen LogP contribution in [0.2, 0.25) is 0 Å². The highest BCUT2D eigenvalue weighted by molar-refractivity contribution is 7.52. The van der Waals surface area contributed by atoms with Crippen molar-refractivity contribution in [3.8, 4) is 0 Å². The van der Waals surface area contributed by atoms with Gasteiger partial charge in [-0.05, 0) is 38.0 Å². The summed E-state index contributed by atoms with van der Waals surface area (Å²) in [5.41, 5.74) is 9.61. The Labute approximate surface area is 178 Å². The Morgan fingerprint density at radius 1 is 1.17 bits per heavy atom. The maximum absolute atomic E-state index is 13.3. The third-order valence-corrected chi connectivity index (χ3v) is 6.11. The topological polar surface area (TPSA) is 197 Å². The third-order valence-electron chi connectivity index (χ3n) is 4.79. The Balaban J connectivity index is 5.49. The second-order valence-corrected chi connectivity index (χ2v) is 9.59. The first-order chi connectivity index (χ1) is 13.8. The van der Waals surface area contributed by atoms with Crippen molar-refractivity contribution < 1.29 is 28.7 Å². The number of carbonyl (C=O) groups excluding carboxylic acids is 3. The first-order valence-corrected chi connectivity index (χ1v) is 11.8. The number of nitrogens with two attached hydrogens (primary N) is 2. The number of Topliss-reactive ketones (excluding diaryl/α,β-unsaturated/α-hetero) is 1. The molecule has 0 aliphatic heterocycles. The molecule has 11 nitrogen and oxygen atoms in total.